The van der Waals surface area contributed by atoms with Crippen molar-refractivity contribution in [3.8, 4) is 0 Å². The zero-order chi connectivity index (χ0) is 16.7. The SMILES string of the molecule is CC.CC(CC1CCCC1)N1CCN(c2ccccc2F)CC1. The van der Waals surface area contributed by atoms with E-state index in [1.807, 2.05) is 26.0 Å². The van der Waals surface area contributed by atoms with Crippen molar-refractivity contribution in [1.82, 2.24) is 4.90 Å². The molecule has 3 heteroatoms. The zero-order valence-electron chi connectivity index (χ0n) is 15.1. The standard InChI is InChI=1S/C18H27FN2.C2H6/c1-15(14-16-6-2-3-7-16)20-10-12-21(13-11-20)18-9-5-4-8-17(18)19;1-2/h4-5,8-9,15-16H,2-3,6-7,10-14H2,1H3;1-2H3. The summed E-state index contributed by atoms with van der Waals surface area (Å²) in [7, 11) is 0. The van der Waals surface area contributed by atoms with Gasteiger partial charge in [0.15, 0.2) is 0 Å². The number of halogens is 1. The number of hydrogen-bond acceptors (Lipinski definition) is 2. The van der Waals surface area contributed by atoms with Gasteiger partial charge in [-0.1, -0.05) is 51.7 Å². The first-order valence-electron chi connectivity index (χ1n) is 9.47. The maximum Gasteiger partial charge on any atom is 0.146 e. The smallest absolute Gasteiger partial charge is 0.146 e. The van der Waals surface area contributed by atoms with Crippen LogP contribution < -0.4 is 4.90 Å². The van der Waals surface area contributed by atoms with Crippen LogP contribution in [0.4, 0.5) is 10.1 Å². The van der Waals surface area contributed by atoms with Gasteiger partial charge in [0.1, 0.15) is 5.82 Å². The van der Waals surface area contributed by atoms with E-state index >= 15 is 0 Å². The second-order valence-corrected chi connectivity index (χ2v) is 6.71. The molecular weight excluding hydrogens is 287 g/mol. The van der Waals surface area contributed by atoms with E-state index in [4.69, 9.17) is 0 Å². The third-order valence-electron chi connectivity index (χ3n) is 5.28. The molecule has 1 saturated heterocycles. The summed E-state index contributed by atoms with van der Waals surface area (Å²) in [5, 5.41) is 0. The van der Waals surface area contributed by atoms with Crippen LogP contribution in [0.5, 0.6) is 0 Å². The number of anilines is 1. The fourth-order valence-corrected chi connectivity index (χ4v) is 3.99. The van der Waals surface area contributed by atoms with Crippen LogP contribution in [0, 0.1) is 11.7 Å². The lowest BCUT2D eigenvalue weighted by molar-refractivity contribution is 0.171. The fourth-order valence-electron chi connectivity index (χ4n) is 3.99. The Labute approximate surface area is 141 Å². The third-order valence-corrected chi connectivity index (χ3v) is 5.28. The molecule has 1 saturated carbocycles. The van der Waals surface area contributed by atoms with Gasteiger partial charge in [0.25, 0.3) is 0 Å². The first kappa shape index (κ1) is 18.3. The predicted molar refractivity (Wildman–Crippen MR) is 97.6 cm³/mol. The summed E-state index contributed by atoms with van der Waals surface area (Å²) in [5.74, 6) is 0.856. The molecule has 0 radical (unpaired) electrons. The largest absolute Gasteiger partial charge is 0.367 e. The molecule has 0 aromatic heterocycles. The van der Waals surface area contributed by atoms with E-state index in [9.17, 15) is 4.39 Å². The van der Waals surface area contributed by atoms with Gasteiger partial charge in [0, 0.05) is 32.2 Å². The molecule has 0 spiro atoms. The summed E-state index contributed by atoms with van der Waals surface area (Å²) in [4.78, 5) is 4.78. The molecule has 1 aliphatic heterocycles. The van der Waals surface area contributed by atoms with Gasteiger partial charge in [-0.25, -0.2) is 4.39 Å². The van der Waals surface area contributed by atoms with Crippen LogP contribution in [-0.4, -0.2) is 37.1 Å². The molecule has 2 nitrogen and oxygen atoms in total. The molecule has 1 aliphatic carbocycles. The summed E-state index contributed by atoms with van der Waals surface area (Å²) in [6, 6.07) is 7.82. The van der Waals surface area contributed by atoms with Crippen molar-refractivity contribution in [2.24, 2.45) is 5.92 Å². The van der Waals surface area contributed by atoms with E-state index in [-0.39, 0.29) is 5.82 Å². The number of para-hydroxylation sites is 1. The lowest BCUT2D eigenvalue weighted by atomic mass is 9.98. The first-order valence-corrected chi connectivity index (χ1v) is 9.47. The van der Waals surface area contributed by atoms with Gasteiger partial charge >= 0.3 is 0 Å². The molecule has 1 aromatic rings. The van der Waals surface area contributed by atoms with Crippen molar-refractivity contribution in [3.63, 3.8) is 0 Å². The maximum absolute atomic E-state index is 13.8. The Balaban J connectivity index is 0.000000924. The van der Waals surface area contributed by atoms with E-state index < -0.39 is 0 Å². The summed E-state index contributed by atoms with van der Waals surface area (Å²) in [5.41, 5.74) is 0.764. The van der Waals surface area contributed by atoms with Crippen LogP contribution in [0.15, 0.2) is 24.3 Å². The topological polar surface area (TPSA) is 6.48 Å². The number of hydrogen-bond donors (Lipinski definition) is 0. The normalized spacial score (nSPS) is 21.0. The van der Waals surface area contributed by atoms with E-state index in [1.165, 1.54) is 32.1 Å². The molecule has 130 valence electrons. The molecule has 1 atom stereocenters. The fraction of sp³-hybridized carbons (Fsp3) is 0.700. The second kappa shape index (κ2) is 9.27. The summed E-state index contributed by atoms with van der Waals surface area (Å²) >= 11 is 0. The average Bonchev–Trinajstić information content (AvgIpc) is 3.10. The lowest BCUT2D eigenvalue weighted by Gasteiger charge is -2.39. The van der Waals surface area contributed by atoms with Crippen LogP contribution in [0.3, 0.4) is 0 Å². The van der Waals surface area contributed by atoms with Crippen molar-refractivity contribution < 1.29 is 4.39 Å². The number of rotatable bonds is 4. The third kappa shape index (κ3) is 4.94. The minimum Gasteiger partial charge on any atom is -0.367 e. The van der Waals surface area contributed by atoms with Gasteiger partial charge in [-0.05, 0) is 31.4 Å². The Morgan fingerprint density at radius 2 is 1.65 bits per heavy atom. The molecule has 2 aliphatic rings. The molecule has 3 rings (SSSR count). The highest BCUT2D eigenvalue weighted by Crippen LogP contribution is 2.30. The number of benzene rings is 1. The average molecular weight is 320 g/mol. The maximum atomic E-state index is 13.8. The van der Waals surface area contributed by atoms with E-state index in [0.717, 1.165) is 37.8 Å². The van der Waals surface area contributed by atoms with Crippen molar-refractivity contribution in [1.29, 1.82) is 0 Å². The highest BCUT2D eigenvalue weighted by Gasteiger charge is 2.25. The molecule has 0 N–H and O–H groups in total. The molecular formula is C20H33FN2. The highest BCUT2D eigenvalue weighted by molar-refractivity contribution is 5.47. The van der Waals surface area contributed by atoms with Crippen LogP contribution in [0.25, 0.3) is 0 Å². The Hall–Kier alpha value is -1.09. The van der Waals surface area contributed by atoms with Gasteiger partial charge in [0.05, 0.1) is 5.69 Å². The minimum atomic E-state index is -0.0926. The molecule has 1 aromatic carbocycles. The van der Waals surface area contributed by atoms with Gasteiger partial charge in [-0.3, -0.25) is 4.90 Å². The Bertz CT molecular complexity index is 449. The highest BCUT2D eigenvalue weighted by atomic mass is 19.1. The molecule has 1 heterocycles. The van der Waals surface area contributed by atoms with Crippen LogP contribution in [0.2, 0.25) is 0 Å². The minimum absolute atomic E-state index is 0.0926. The summed E-state index contributed by atoms with van der Waals surface area (Å²) in [6.45, 7) is 10.4. The Kier molecular flexibility index (Phi) is 7.35. The van der Waals surface area contributed by atoms with E-state index in [0.29, 0.717) is 6.04 Å². The van der Waals surface area contributed by atoms with E-state index in [1.54, 1.807) is 12.1 Å². The van der Waals surface area contributed by atoms with Crippen LogP contribution >= 0.6 is 0 Å². The molecule has 2 fully saturated rings. The van der Waals surface area contributed by atoms with Crippen molar-refractivity contribution in [3.05, 3.63) is 30.1 Å². The number of nitrogens with zero attached hydrogens (tertiary/aromatic N) is 2. The Morgan fingerprint density at radius 1 is 1.04 bits per heavy atom. The Morgan fingerprint density at radius 3 is 2.26 bits per heavy atom. The van der Waals surface area contributed by atoms with Crippen LogP contribution in [-0.2, 0) is 0 Å². The lowest BCUT2D eigenvalue weighted by Crippen LogP contribution is -2.50. The molecule has 0 bridgehead atoms. The first-order chi connectivity index (χ1) is 11.2. The van der Waals surface area contributed by atoms with Gasteiger partial charge in [0.2, 0.25) is 0 Å². The van der Waals surface area contributed by atoms with Crippen molar-refractivity contribution >= 4 is 5.69 Å². The summed E-state index contributed by atoms with van der Waals surface area (Å²) in [6.07, 6.45) is 7.07. The summed E-state index contributed by atoms with van der Waals surface area (Å²) < 4.78 is 13.8. The van der Waals surface area contributed by atoms with Crippen molar-refractivity contribution in [2.45, 2.75) is 58.9 Å². The molecule has 23 heavy (non-hydrogen) atoms. The van der Waals surface area contributed by atoms with Gasteiger partial charge in [-0.15, -0.1) is 0 Å². The monoisotopic (exact) mass is 320 g/mol. The molecule has 1 unspecified atom stereocenters. The molecule has 0 amide bonds. The number of piperazine rings is 1. The van der Waals surface area contributed by atoms with Crippen molar-refractivity contribution in [2.75, 3.05) is 31.1 Å². The van der Waals surface area contributed by atoms with Gasteiger partial charge in [-0.2, -0.15) is 0 Å². The second-order valence-electron chi connectivity index (χ2n) is 6.71. The predicted octanol–water partition coefficient (Wildman–Crippen LogP) is 4.94. The van der Waals surface area contributed by atoms with Gasteiger partial charge < -0.3 is 4.90 Å². The van der Waals surface area contributed by atoms with Crippen LogP contribution in [0.1, 0.15) is 52.9 Å². The zero-order valence-corrected chi connectivity index (χ0v) is 15.1. The van der Waals surface area contributed by atoms with E-state index in [2.05, 4.69) is 16.7 Å². The quantitative estimate of drug-likeness (QED) is 0.775.